The first-order valence-electron chi connectivity index (χ1n) is 24.8. The van der Waals surface area contributed by atoms with Crippen LogP contribution in [0.3, 0.4) is 0 Å². The van der Waals surface area contributed by atoms with E-state index in [0.29, 0.717) is 32.7 Å². The normalized spacial score (nSPS) is 17.5. The van der Waals surface area contributed by atoms with Gasteiger partial charge in [-0.3, -0.25) is 0 Å². The van der Waals surface area contributed by atoms with Gasteiger partial charge < -0.3 is 40.4 Å². The largest absolute Gasteiger partial charge is 0.507 e. The minimum Gasteiger partial charge on any atom is -0.507 e. The summed E-state index contributed by atoms with van der Waals surface area (Å²) in [6, 6.07) is 22.1. The molecule has 0 radical (unpaired) electrons. The summed E-state index contributed by atoms with van der Waals surface area (Å²) >= 11 is 0. The van der Waals surface area contributed by atoms with Crippen LogP contribution in [0.2, 0.25) is 0 Å². The van der Waals surface area contributed by atoms with Crippen LogP contribution >= 0.6 is 0 Å². The van der Waals surface area contributed by atoms with Crippen molar-refractivity contribution in [3.8, 4) is 23.0 Å². The predicted molar refractivity (Wildman–Crippen MR) is 268 cm³/mol. The van der Waals surface area contributed by atoms with Gasteiger partial charge in [0.15, 0.2) is 0 Å². The van der Waals surface area contributed by atoms with Crippen LogP contribution in [0, 0.1) is 0 Å². The second-order valence-corrected chi connectivity index (χ2v) is 18.6. The summed E-state index contributed by atoms with van der Waals surface area (Å²) in [6.07, 6.45) is 15.3. The number of aliphatic hydroxyl groups is 2. The summed E-state index contributed by atoms with van der Waals surface area (Å²) in [5, 5.41) is 78.5. The molecule has 6 aromatic carbocycles. The van der Waals surface area contributed by atoms with E-state index in [1.165, 1.54) is 0 Å². The van der Waals surface area contributed by atoms with Crippen molar-refractivity contribution in [2.45, 2.75) is 154 Å². The highest BCUT2D eigenvalue weighted by Crippen LogP contribution is 2.59. The maximum Gasteiger partial charge on any atom is 0.123 e. The molecule has 0 atom stereocenters. The molecule has 1 aliphatic carbocycles. The van der Waals surface area contributed by atoms with Gasteiger partial charge in [-0.1, -0.05) is 153 Å². The predicted octanol–water partition coefficient (Wildman–Crippen LogP) is 13.7. The number of benzene rings is 6. The monoisotopic (exact) mass is 871 g/mol. The molecule has 0 heterocycles. The van der Waals surface area contributed by atoms with E-state index in [0.717, 1.165) is 162 Å². The van der Waals surface area contributed by atoms with Crippen molar-refractivity contribution in [3.63, 3.8) is 0 Å². The number of aliphatic hydroxyl groups excluding tert-OH is 2. The molecule has 7 rings (SSSR count). The summed E-state index contributed by atoms with van der Waals surface area (Å²) in [4.78, 5) is 4.86. The van der Waals surface area contributed by atoms with Gasteiger partial charge in [-0.25, -0.2) is 0 Å². The first-order valence-corrected chi connectivity index (χ1v) is 24.8. The lowest BCUT2D eigenvalue weighted by Gasteiger charge is -2.48. The van der Waals surface area contributed by atoms with Crippen molar-refractivity contribution in [2.24, 2.45) is 0 Å². The number of nitrogens with zero attached hydrogens (tertiary/aromatic N) is 2. The van der Waals surface area contributed by atoms with Gasteiger partial charge in [0.25, 0.3) is 0 Å². The molecule has 0 saturated heterocycles. The number of rotatable bonds is 24. The van der Waals surface area contributed by atoms with Crippen LogP contribution in [0.1, 0.15) is 153 Å². The standard InChI is InChI=1S/C56H74N2O6/c1-5-9-13-17-33-57(34-18-14-10-6-2)53-37-25-21-29-41(59)45(37)49(46-38(53)26-22-30-42(46)60)51-55(63)52(56(51)64)50-47-39(27-23-31-43(47)61)54(40-28-24-32-44(62)48(40)50)58(35-19-15-11-7-3)36-20-16-12-8-4/h21-32,51-52,55-56,59-64H,5-20,33-36H2,1-4H3. The second-order valence-electron chi connectivity index (χ2n) is 18.6. The first kappa shape index (κ1) is 47.1. The number of unbranched alkanes of at least 4 members (excludes halogenated alkanes) is 12. The Morgan fingerprint density at radius 1 is 0.359 bits per heavy atom. The highest BCUT2D eigenvalue weighted by Gasteiger charge is 2.53. The molecule has 0 aromatic heterocycles. The minimum absolute atomic E-state index is 0.0205. The van der Waals surface area contributed by atoms with Crippen LogP contribution in [-0.2, 0) is 0 Å². The van der Waals surface area contributed by atoms with Crippen molar-refractivity contribution in [1.29, 1.82) is 0 Å². The lowest BCUT2D eigenvalue weighted by Crippen LogP contribution is -2.52. The third-order valence-electron chi connectivity index (χ3n) is 14.2. The number of phenols is 4. The maximum absolute atomic E-state index is 12.8. The van der Waals surface area contributed by atoms with Gasteiger partial charge in [0.05, 0.1) is 23.6 Å². The van der Waals surface area contributed by atoms with E-state index in [2.05, 4.69) is 37.5 Å². The Balaban J connectivity index is 1.40. The number of fused-ring (bicyclic) bond motifs is 4. The average Bonchev–Trinajstić information content (AvgIpc) is 3.28. The van der Waals surface area contributed by atoms with E-state index < -0.39 is 24.0 Å². The smallest absolute Gasteiger partial charge is 0.123 e. The third kappa shape index (κ3) is 9.28. The topological polar surface area (TPSA) is 128 Å². The van der Waals surface area contributed by atoms with Gasteiger partial charge in [-0.2, -0.15) is 0 Å². The van der Waals surface area contributed by atoms with E-state index in [1.807, 2.05) is 48.5 Å². The summed E-state index contributed by atoms with van der Waals surface area (Å²) in [7, 11) is 0. The van der Waals surface area contributed by atoms with Gasteiger partial charge >= 0.3 is 0 Å². The van der Waals surface area contributed by atoms with Crippen LogP contribution in [0.25, 0.3) is 43.1 Å². The fourth-order valence-electron chi connectivity index (χ4n) is 10.9. The number of hydrogen-bond acceptors (Lipinski definition) is 8. The molecule has 1 fully saturated rings. The van der Waals surface area contributed by atoms with Crippen molar-refractivity contribution in [2.75, 3.05) is 36.0 Å². The van der Waals surface area contributed by atoms with Gasteiger partial charge in [0.1, 0.15) is 23.0 Å². The number of anilines is 2. The third-order valence-corrected chi connectivity index (χ3v) is 14.2. The lowest BCUT2D eigenvalue weighted by atomic mass is 9.60. The van der Waals surface area contributed by atoms with Gasteiger partial charge in [0, 0.05) is 81.1 Å². The molecule has 344 valence electrons. The van der Waals surface area contributed by atoms with Crippen LogP contribution in [-0.4, -0.2) is 69.0 Å². The lowest BCUT2D eigenvalue weighted by molar-refractivity contribution is -0.0766. The quantitative estimate of drug-likeness (QED) is 0.0262. The molecule has 6 N–H and O–H groups in total. The first-order chi connectivity index (χ1) is 31.2. The molecule has 1 aliphatic rings. The van der Waals surface area contributed by atoms with E-state index in [-0.39, 0.29) is 23.0 Å². The van der Waals surface area contributed by atoms with Crippen LogP contribution in [0.4, 0.5) is 11.4 Å². The molecule has 8 heteroatoms. The SMILES string of the molecule is CCCCCCN(CCCCCC)c1c2cccc(O)c2c(C2C(O)C(c3c4c(O)cccc4c(N(CCCCCC)CCCCCC)c4cccc(O)c34)C2O)c2c(O)cccc12. The molecule has 8 nitrogen and oxygen atoms in total. The Bertz CT molecular complexity index is 2170. The summed E-state index contributed by atoms with van der Waals surface area (Å²) < 4.78 is 0. The Labute approximate surface area is 381 Å². The summed E-state index contributed by atoms with van der Waals surface area (Å²) in [5.41, 5.74) is 2.90. The van der Waals surface area contributed by atoms with E-state index in [9.17, 15) is 30.6 Å². The van der Waals surface area contributed by atoms with Crippen molar-refractivity contribution in [1.82, 2.24) is 0 Å². The van der Waals surface area contributed by atoms with E-state index >= 15 is 0 Å². The van der Waals surface area contributed by atoms with E-state index in [1.54, 1.807) is 24.3 Å². The molecular formula is C56H74N2O6. The highest BCUT2D eigenvalue weighted by atomic mass is 16.3. The number of hydrogen-bond donors (Lipinski definition) is 6. The number of aromatic hydroxyl groups is 4. The molecule has 6 aromatic rings. The fraction of sp³-hybridized carbons (Fsp3) is 0.500. The molecule has 1 saturated carbocycles. The molecule has 0 amide bonds. The van der Waals surface area contributed by atoms with Crippen LogP contribution in [0.15, 0.2) is 72.8 Å². The van der Waals surface area contributed by atoms with Crippen LogP contribution in [0.5, 0.6) is 23.0 Å². The average molecular weight is 871 g/mol. The van der Waals surface area contributed by atoms with Crippen molar-refractivity contribution >= 4 is 54.5 Å². The Kier molecular flexibility index (Phi) is 16.1. The molecular weight excluding hydrogens is 797 g/mol. The molecule has 0 aliphatic heterocycles. The second kappa shape index (κ2) is 21.8. The van der Waals surface area contributed by atoms with E-state index in [4.69, 9.17) is 0 Å². The zero-order valence-corrected chi connectivity index (χ0v) is 39.0. The molecule has 0 spiro atoms. The fourth-order valence-corrected chi connectivity index (χ4v) is 10.9. The minimum atomic E-state index is -1.21. The van der Waals surface area contributed by atoms with Crippen molar-refractivity contribution in [3.05, 3.63) is 83.9 Å². The van der Waals surface area contributed by atoms with Gasteiger partial charge in [-0.15, -0.1) is 0 Å². The Morgan fingerprint density at radius 2 is 0.609 bits per heavy atom. The maximum atomic E-state index is 12.8. The number of phenolic OH excluding ortho intramolecular Hbond substituents is 4. The summed E-state index contributed by atoms with van der Waals surface area (Å²) in [6.45, 7) is 12.2. The van der Waals surface area contributed by atoms with Crippen molar-refractivity contribution < 1.29 is 30.6 Å². The van der Waals surface area contributed by atoms with Gasteiger partial charge in [0.2, 0.25) is 0 Å². The molecule has 64 heavy (non-hydrogen) atoms. The molecule has 0 unspecified atom stereocenters. The highest BCUT2D eigenvalue weighted by molar-refractivity contribution is 6.19. The zero-order chi connectivity index (χ0) is 45.3. The Morgan fingerprint density at radius 3 is 0.844 bits per heavy atom. The van der Waals surface area contributed by atoms with Gasteiger partial charge in [-0.05, 0) is 61.1 Å². The Hall–Kier alpha value is -4.92. The molecule has 0 bridgehead atoms. The zero-order valence-electron chi connectivity index (χ0n) is 39.0. The van der Waals surface area contributed by atoms with Crippen LogP contribution < -0.4 is 9.80 Å². The summed E-state index contributed by atoms with van der Waals surface area (Å²) in [5.74, 6) is -1.75.